The summed E-state index contributed by atoms with van der Waals surface area (Å²) >= 11 is 1.28. The largest absolute Gasteiger partial charge is 0.496 e. The molecule has 0 radical (unpaired) electrons. The maximum absolute atomic E-state index is 12.9. The normalized spacial score (nSPS) is 10.4. The zero-order valence-electron chi connectivity index (χ0n) is 12.8. The van der Waals surface area contributed by atoms with Crippen molar-refractivity contribution < 1.29 is 13.9 Å². The van der Waals surface area contributed by atoms with E-state index in [4.69, 9.17) is 4.74 Å². The molecule has 0 saturated carbocycles. The molecule has 1 heterocycles. The van der Waals surface area contributed by atoms with Crippen LogP contribution in [0.2, 0.25) is 0 Å². The van der Waals surface area contributed by atoms with Crippen LogP contribution in [0.1, 0.15) is 20.9 Å². The van der Waals surface area contributed by atoms with E-state index in [-0.39, 0.29) is 11.7 Å². The van der Waals surface area contributed by atoms with Gasteiger partial charge in [0.2, 0.25) is 5.13 Å². The van der Waals surface area contributed by atoms with E-state index in [0.29, 0.717) is 22.9 Å². The molecule has 1 N–H and O–H groups in total. The van der Waals surface area contributed by atoms with Crippen molar-refractivity contribution >= 4 is 22.4 Å². The highest BCUT2D eigenvalue weighted by Gasteiger charge is 2.14. The monoisotopic (exact) mass is 343 g/mol. The lowest BCUT2D eigenvalue weighted by Gasteiger charge is -2.06. The van der Waals surface area contributed by atoms with Gasteiger partial charge in [-0.1, -0.05) is 35.6 Å². The van der Waals surface area contributed by atoms with Crippen LogP contribution in [0, 0.1) is 5.82 Å². The predicted octanol–water partition coefficient (Wildman–Crippen LogP) is 3.53. The SMILES string of the molecule is COc1ccccc1C(=O)Nc1nnc(Cc2ccc(F)cc2)s1. The van der Waals surface area contributed by atoms with Gasteiger partial charge in [-0.05, 0) is 29.8 Å². The number of methoxy groups -OCH3 is 1. The number of ether oxygens (including phenoxy) is 1. The summed E-state index contributed by atoms with van der Waals surface area (Å²) in [6, 6.07) is 13.2. The van der Waals surface area contributed by atoms with Crippen LogP contribution < -0.4 is 10.1 Å². The van der Waals surface area contributed by atoms with Crippen molar-refractivity contribution in [1.82, 2.24) is 10.2 Å². The number of aromatic nitrogens is 2. The van der Waals surface area contributed by atoms with Crippen molar-refractivity contribution in [2.24, 2.45) is 0 Å². The second kappa shape index (κ2) is 7.18. The molecule has 0 unspecified atom stereocenters. The minimum atomic E-state index is -0.308. The van der Waals surface area contributed by atoms with Gasteiger partial charge in [0.05, 0.1) is 12.7 Å². The van der Waals surface area contributed by atoms with Gasteiger partial charge in [0, 0.05) is 6.42 Å². The van der Waals surface area contributed by atoms with Crippen molar-refractivity contribution in [1.29, 1.82) is 0 Å². The molecule has 0 aliphatic carbocycles. The van der Waals surface area contributed by atoms with E-state index >= 15 is 0 Å². The van der Waals surface area contributed by atoms with E-state index in [1.54, 1.807) is 36.4 Å². The van der Waals surface area contributed by atoms with E-state index in [2.05, 4.69) is 15.5 Å². The van der Waals surface area contributed by atoms with Crippen molar-refractivity contribution in [3.05, 3.63) is 70.5 Å². The summed E-state index contributed by atoms with van der Waals surface area (Å²) < 4.78 is 18.1. The minimum absolute atomic E-state index is 0.277. The number of para-hydroxylation sites is 1. The van der Waals surface area contributed by atoms with Gasteiger partial charge in [-0.3, -0.25) is 10.1 Å². The maximum Gasteiger partial charge on any atom is 0.261 e. The van der Waals surface area contributed by atoms with Gasteiger partial charge in [0.1, 0.15) is 16.6 Å². The smallest absolute Gasteiger partial charge is 0.261 e. The Kier molecular flexibility index (Phi) is 4.81. The fraction of sp³-hybridized carbons (Fsp3) is 0.118. The molecule has 1 aromatic heterocycles. The standard InChI is InChI=1S/C17H14FN3O2S/c1-23-14-5-3-2-4-13(14)16(22)19-17-21-20-15(24-17)10-11-6-8-12(18)9-7-11/h2-9H,10H2,1H3,(H,19,21,22). The number of hydrogen-bond donors (Lipinski definition) is 1. The summed E-state index contributed by atoms with van der Waals surface area (Å²) in [6.07, 6.45) is 0.530. The van der Waals surface area contributed by atoms with Crippen LogP contribution in [0.5, 0.6) is 5.75 Å². The summed E-state index contributed by atoms with van der Waals surface area (Å²) in [6.45, 7) is 0. The lowest BCUT2D eigenvalue weighted by Crippen LogP contribution is -2.12. The molecule has 24 heavy (non-hydrogen) atoms. The Bertz CT molecular complexity index is 849. The Morgan fingerprint density at radius 3 is 2.67 bits per heavy atom. The topological polar surface area (TPSA) is 64.1 Å². The number of nitrogens with zero attached hydrogens (tertiary/aromatic N) is 2. The molecule has 0 bridgehead atoms. The highest BCUT2D eigenvalue weighted by atomic mass is 32.1. The third-order valence-electron chi connectivity index (χ3n) is 3.31. The fourth-order valence-electron chi connectivity index (χ4n) is 2.15. The molecule has 1 amide bonds. The second-order valence-corrected chi connectivity index (χ2v) is 6.02. The zero-order valence-corrected chi connectivity index (χ0v) is 13.6. The molecule has 3 aromatic rings. The second-order valence-electron chi connectivity index (χ2n) is 4.96. The van der Waals surface area contributed by atoms with E-state index < -0.39 is 0 Å². The Balaban J connectivity index is 1.69. The number of rotatable bonds is 5. The van der Waals surface area contributed by atoms with Gasteiger partial charge in [0.25, 0.3) is 5.91 Å². The Labute approximate surface area is 142 Å². The first-order chi connectivity index (χ1) is 11.7. The molecule has 5 nitrogen and oxygen atoms in total. The zero-order chi connectivity index (χ0) is 16.9. The molecular formula is C17H14FN3O2S. The molecular weight excluding hydrogens is 329 g/mol. The number of halogens is 1. The van der Waals surface area contributed by atoms with Gasteiger partial charge in [-0.15, -0.1) is 10.2 Å². The maximum atomic E-state index is 12.9. The van der Waals surface area contributed by atoms with Crippen LogP contribution >= 0.6 is 11.3 Å². The van der Waals surface area contributed by atoms with Crippen LogP contribution in [0.15, 0.2) is 48.5 Å². The molecule has 0 aliphatic heterocycles. The average Bonchev–Trinajstić information content (AvgIpc) is 3.03. The third kappa shape index (κ3) is 3.75. The third-order valence-corrected chi connectivity index (χ3v) is 4.15. The Morgan fingerprint density at radius 1 is 1.17 bits per heavy atom. The van der Waals surface area contributed by atoms with Crippen LogP contribution in [-0.4, -0.2) is 23.2 Å². The number of nitrogens with one attached hydrogen (secondary N) is 1. The van der Waals surface area contributed by atoms with E-state index in [1.807, 2.05) is 0 Å². The van der Waals surface area contributed by atoms with Gasteiger partial charge >= 0.3 is 0 Å². The van der Waals surface area contributed by atoms with Gasteiger partial charge < -0.3 is 4.74 Å². The molecule has 7 heteroatoms. The highest BCUT2D eigenvalue weighted by Crippen LogP contribution is 2.22. The summed E-state index contributed by atoms with van der Waals surface area (Å²) in [4.78, 5) is 12.3. The molecule has 122 valence electrons. The molecule has 0 aliphatic rings. The van der Waals surface area contributed by atoms with E-state index in [1.165, 1.54) is 30.6 Å². The Morgan fingerprint density at radius 2 is 1.92 bits per heavy atom. The molecule has 2 aromatic carbocycles. The lowest BCUT2D eigenvalue weighted by molar-refractivity contribution is 0.102. The Hall–Kier alpha value is -2.80. The number of benzene rings is 2. The van der Waals surface area contributed by atoms with Crippen molar-refractivity contribution in [2.45, 2.75) is 6.42 Å². The van der Waals surface area contributed by atoms with Gasteiger partial charge in [-0.2, -0.15) is 0 Å². The van der Waals surface area contributed by atoms with Gasteiger partial charge in [0.15, 0.2) is 0 Å². The number of amides is 1. The van der Waals surface area contributed by atoms with Crippen molar-refractivity contribution in [3.63, 3.8) is 0 Å². The van der Waals surface area contributed by atoms with Crippen molar-refractivity contribution in [2.75, 3.05) is 12.4 Å². The average molecular weight is 343 g/mol. The van der Waals surface area contributed by atoms with Crippen LogP contribution in [0.4, 0.5) is 9.52 Å². The predicted molar refractivity (Wildman–Crippen MR) is 90.1 cm³/mol. The fourth-order valence-corrected chi connectivity index (χ4v) is 2.92. The number of carbonyl (C=O) groups is 1. The van der Waals surface area contributed by atoms with Crippen LogP contribution in [0.3, 0.4) is 0 Å². The minimum Gasteiger partial charge on any atom is -0.496 e. The number of carbonyl (C=O) groups excluding carboxylic acids is 1. The molecule has 0 saturated heterocycles. The van der Waals surface area contributed by atoms with E-state index in [0.717, 1.165) is 10.6 Å². The molecule has 0 fully saturated rings. The number of anilines is 1. The first-order valence-corrected chi connectivity index (χ1v) is 7.98. The lowest BCUT2D eigenvalue weighted by atomic mass is 10.2. The first-order valence-electron chi connectivity index (χ1n) is 7.17. The van der Waals surface area contributed by atoms with E-state index in [9.17, 15) is 9.18 Å². The summed E-state index contributed by atoms with van der Waals surface area (Å²) in [5.41, 5.74) is 1.35. The molecule has 0 spiro atoms. The van der Waals surface area contributed by atoms with Crippen LogP contribution in [0.25, 0.3) is 0 Å². The summed E-state index contributed by atoms with van der Waals surface area (Å²) in [7, 11) is 1.51. The van der Waals surface area contributed by atoms with Crippen LogP contribution in [-0.2, 0) is 6.42 Å². The highest BCUT2D eigenvalue weighted by molar-refractivity contribution is 7.15. The van der Waals surface area contributed by atoms with Gasteiger partial charge in [-0.25, -0.2) is 4.39 Å². The first kappa shape index (κ1) is 16.1. The van der Waals surface area contributed by atoms with Crippen molar-refractivity contribution in [3.8, 4) is 5.75 Å². The summed E-state index contributed by atoms with van der Waals surface area (Å²) in [5.74, 6) is -0.0937. The summed E-state index contributed by atoms with van der Waals surface area (Å²) in [5, 5.41) is 11.9. The molecule has 0 atom stereocenters. The number of hydrogen-bond acceptors (Lipinski definition) is 5. The molecule has 3 rings (SSSR count). The quantitative estimate of drug-likeness (QED) is 0.770.